The molecule has 0 saturated carbocycles. The van der Waals surface area contributed by atoms with E-state index in [2.05, 4.69) is 15.2 Å². The Morgan fingerprint density at radius 3 is 2.83 bits per heavy atom. The van der Waals surface area contributed by atoms with Crippen LogP contribution in [0.15, 0.2) is 30.9 Å². The number of hydrogen-bond acceptors (Lipinski definition) is 7. The summed E-state index contributed by atoms with van der Waals surface area (Å²) in [7, 11) is 1.85. The summed E-state index contributed by atoms with van der Waals surface area (Å²) in [4.78, 5) is 18.8. The zero-order chi connectivity index (χ0) is 21.3. The molecule has 3 aromatic heterocycles. The van der Waals surface area contributed by atoms with Crippen molar-refractivity contribution < 1.29 is 19.0 Å². The van der Waals surface area contributed by atoms with Gasteiger partial charge in [-0.3, -0.25) is 4.68 Å². The molecule has 0 aliphatic carbocycles. The molecule has 1 aliphatic rings. The van der Waals surface area contributed by atoms with Crippen molar-refractivity contribution >= 4 is 11.6 Å². The van der Waals surface area contributed by atoms with Crippen molar-refractivity contribution in [1.82, 2.24) is 29.3 Å². The van der Waals surface area contributed by atoms with Crippen molar-refractivity contribution in [1.29, 1.82) is 0 Å². The van der Waals surface area contributed by atoms with E-state index in [0.717, 1.165) is 11.1 Å². The molecule has 30 heavy (non-hydrogen) atoms. The van der Waals surface area contributed by atoms with Gasteiger partial charge in [0.15, 0.2) is 0 Å². The van der Waals surface area contributed by atoms with Gasteiger partial charge in [-0.2, -0.15) is 10.2 Å². The summed E-state index contributed by atoms with van der Waals surface area (Å²) in [5, 5.41) is 8.53. The quantitative estimate of drug-likeness (QED) is 0.648. The fourth-order valence-corrected chi connectivity index (χ4v) is 3.18. The zero-order valence-electron chi connectivity index (χ0n) is 17.6. The number of hydrogen-bond donors (Lipinski definition) is 0. The molecule has 0 radical (unpaired) electrons. The van der Waals surface area contributed by atoms with E-state index >= 15 is 0 Å². The molecule has 4 rings (SSSR count). The molecule has 10 nitrogen and oxygen atoms in total. The van der Waals surface area contributed by atoms with Crippen LogP contribution in [-0.2, 0) is 16.5 Å². The van der Waals surface area contributed by atoms with Gasteiger partial charge in [0, 0.05) is 25.4 Å². The van der Waals surface area contributed by atoms with Gasteiger partial charge in [0.05, 0.1) is 44.0 Å². The Hall–Kier alpha value is -3.14. The van der Waals surface area contributed by atoms with E-state index in [1.165, 1.54) is 0 Å². The van der Waals surface area contributed by atoms with Crippen molar-refractivity contribution in [3.8, 4) is 17.1 Å². The minimum atomic E-state index is -0.566. The highest BCUT2D eigenvalue weighted by Crippen LogP contribution is 2.25. The number of fused-ring (bicyclic) bond motifs is 1. The van der Waals surface area contributed by atoms with Gasteiger partial charge in [-0.25, -0.2) is 14.3 Å². The van der Waals surface area contributed by atoms with E-state index in [1.54, 1.807) is 26.5 Å². The predicted molar refractivity (Wildman–Crippen MR) is 108 cm³/mol. The van der Waals surface area contributed by atoms with Crippen LogP contribution in [0.3, 0.4) is 0 Å². The minimum absolute atomic E-state index is 0.341. The van der Waals surface area contributed by atoms with E-state index in [-0.39, 0.29) is 6.09 Å². The van der Waals surface area contributed by atoms with Crippen LogP contribution < -0.4 is 4.74 Å². The van der Waals surface area contributed by atoms with Crippen molar-refractivity contribution in [3.05, 3.63) is 30.9 Å². The average molecular weight is 414 g/mol. The Bertz CT molecular complexity index is 1040. The van der Waals surface area contributed by atoms with Crippen LogP contribution in [0, 0.1) is 0 Å². The largest absolute Gasteiger partial charge is 0.468 e. The monoisotopic (exact) mass is 414 g/mol. The van der Waals surface area contributed by atoms with Gasteiger partial charge in [0.25, 0.3) is 0 Å². The van der Waals surface area contributed by atoms with Crippen LogP contribution in [0.5, 0.6) is 5.88 Å². The Balaban J connectivity index is 1.58. The second-order valence-corrected chi connectivity index (χ2v) is 8.24. The highest BCUT2D eigenvalue weighted by molar-refractivity contribution is 5.68. The number of ether oxygens (including phenoxy) is 3. The summed E-state index contributed by atoms with van der Waals surface area (Å²) < 4.78 is 20.8. The van der Waals surface area contributed by atoms with Crippen LogP contribution in [0.4, 0.5) is 4.79 Å². The smallest absolute Gasteiger partial charge is 0.410 e. The number of carbonyl (C=O) groups is 1. The van der Waals surface area contributed by atoms with E-state index in [4.69, 9.17) is 14.2 Å². The van der Waals surface area contributed by atoms with Gasteiger partial charge in [-0.05, 0) is 26.8 Å². The first kappa shape index (κ1) is 20.1. The Morgan fingerprint density at radius 2 is 2.10 bits per heavy atom. The maximum atomic E-state index is 12.5. The molecule has 0 N–H and O–H groups in total. The van der Waals surface area contributed by atoms with E-state index in [1.807, 2.05) is 46.3 Å². The predicted octanol–water partition coefficient (Wildman–Crippen LogP) is 2.14. The molecule has 1 saturated heterocycles. The van der Waals surface area contributed by atoms with Crippen LogP contribution in [-0.4, -0.2) is 73.4 Å². The zero-order valence-corrected chi connectivity index (χ0v) is 17.6. The summed E-state index contributed by atoms with van der Waals surface area (Å²) in [5.74, 6) is 0.425. The van der Waals surface area contributed by atoms with E-state index in [0.29, 0.717) is 37.9 Å². The van der Waals surface area contributed by atoms with Gasteiger partial charge in [-0.15, -0.1) is 0 Å². The third-order valence-electron chi connectivity index (χ3n) is 4.52. The molecule has 1 amide bonds. The molecule has 1 unspecified atom stereocenters. The lowest BCUT2D eigenvalue weighted by atomic mass is 10.2. The Morgan fingerprint density at radius 1 is 1.27 bits per heavy atom. The minimum Gasteiger partial charge on any atom is -0.468 e. The van der Waals surface area contributed by atoms with Crippen LogP contribution in [0.25, 0.3) is 16.8 Å². The fourth-order valence-electron chi connectivity index (χ4n) is 3.18. The van der Waals surface area contributed by atoms with Crippen LogP contribution >= 0.6 is 0 Å². The molecular formula is C20H26N6O4. The molecule has 4 heterocycles. The fraction of sp³-hybridized carbons (Fsp3) is 0.500. The summed E-state index contributed by atoms with van der Waals surface area (Å²) in [5.41, 5.74) is 1.71. The molecule has 10 heteroatoms. The second-order valence-electron chi connectivity index (χ2n) is 8.24. The van der Waals surface area contributed by atoms with E-state index < -0.39 is 11.7 Å². The number of nitrogens with zero attached hydrogens (tertiary/aromatic N) is 6. The number of aryl methyl sites for hydroxylation is 1. The molecule has 0 aromatic carbocycles. The summed E-state index contributed by atoms with van der Waals surface area (Å²) in [6.45, 7) is 7.09. The van der Waals surface area contributed by atoms with Gasteiger partial charge in [-0.1, -0.05) is 0 Å². The third-order valence-corrected chi connectivity index (χ3v) is 4.52. The average Bonchev–Trinajstić information content (AvgIpc) is 3.24. The third kappa shape index (κ3) is 4.54. The molecule has 1 atom stereocenters. The first-order chi connectivity index (χ1) is 14.3. The van der Waals surface area contributed by atoms with Gasteiger partial charge < -0.3 is 19.1 Å². The lowest BCUT2D eigenvalue weighted by Gasteiger charge is -2.27. The van der Waals surface area contributed by atoms with Crippen molar-refractivity contribution in [3.63, 3.8) is 0 Å². The van der Waals surface area contributed by atoms with Crippen LogP contribution in [0.1, 0.15) is 20.8 Å². The normalized spacial score (nSPS) is 17.7. The van der Waals surface area contributed by atoms with Gasteiger partial charge >= 0.3 is 6.09 Å². The molecule has 0 bridgehead atoms. The lowest BCUT2D eigenvalue weighted by molar-refractivity contribution is 0.0201. The summed E-state index contributed by atoms with van der Waals surface area (Å²) >= 11 is 0. The number of amides is 1. The number of carbonyl (C=O) groups excluding carboxylic acids is 1. The molecule has 3 aromatic rings. The SMILES string of the molecule is Cn1cc(-c2cn3nccc3c(OC3COCCN(C(=O)OC(C)(C)C)C3)n2)cn1. The standard InChI is InChI=1S/C20H26N6O4/c1-20(2,3)30-19(27)25-7-8-28-13-15(11-25)29-18-17-5-6-21-26(17)12-16(23-18)14-9-22-24(4)10-14/h5-6,9-10,12,15H,7-8,11,13H2,1-4H3. The molecule has 160 valence electrons. The van der Waals surface area contributed by atoms with Crippen LogP contribution in [0.2, 0.25) is 0 Å². The van der Waals surface area contributed by atoms with Crippen molar-refractivity contribution in [2.24, 2.45) is 7.05 Å². The summed E-state index contributed by atoms with van der Waals surface area (Å²) in [6, 6.07) is 1.83. The van der Waals surface area contributed by atoms with Gasteiger partial charge in [0.2, 0.25) is 5.88 Å². The maximum Gasteiger partial charge on any atom is 0.410 e. The number of rotatable bonds is 3. The van der Waals surface area contributed by atoms with Crippen molar-refractivity contribution in [2.75, 3.05) is 26.3 Å². The lowest BCUT2D eigenvalue weighted by Crippen LogP contribution is -2.42. The molecule has 0 spiro atoms. The highest BCUT2D eigenvalue weighted by atomic mass is 16.6. The highest BCUT2D eigenvalue weighted by Gasteiger charge is 2.28. The topological polar surface area (TPSA) is 96.0 Å². The summed E-state index contributed by atoms with van der Waals surface area (Å²) in [6.07, 6.45) is 6.35. The first-order valence-corrected chi connectivity index (χ1v) is 9.84. The molecule has 1 fully saturated rings. The second kappa shape index (κ2) is 7.94. The molecule has 1 aliphatic heterocycles. The van der Waals surface area contributed by atoms with Gasteiger partial charge in [0.1, 0.15) is 17.2 Å². The molecular weight excluding hydrogens is 388 g/mol. The number of aromatic nitrogens is 5. The van der Waals surface area contributed by atoms with E-state index in [9.17, 15) is 4.79 Å². The maximum absolute atomic E-state index is 12.5. The van der Waals surface area contributed by atoms with Crippen molar-refractivity contribution in [2.45, 2.75) is 32.5 Å². The first-order valence-electron chi connectivity index (χ1n) is 9.84. The Labute approximate surface area is 174 Å². The Kier molecular flexibility index (Phi) is 5.33.